The largest absolute Gasteiger partial charge is 0.472 e. The van der Waals surface area contributed by atoms with Gasteiger partial charge in [0.25, 0.3) is 0 Å². The third kappa shape index (κ3) is 3.94. The third-order valence-electron chi connectivity index (χ3n) is 6.69. The number of hydrogen-bond donors (Lipinski definition) is 2. The minimum Gasteiger partial charge on any atom is -0.472 e. The normalized spacial score (nSPS) is 19.0. The number of nitrogen functional groups attached to an aromatic ring is 1. The number of aromatic nitrogens is 4. The maximum absolute atomic E-state index is 17.3. The summed E-state index contributed by atoms with van der Waals surface area (Å²) in [4.78, 5) is 26.6. The lowest BCUT2D eigenvalue weighted by molar-refractivity contribution is -0.115. The van der Waals surface area contributed by atoms with Gasteiger partial charge in [-0.3, -0.25) is 9.36 Å². The molecule has 1 aromatic carbocycles. The molecule has 0 saturated heterocycles. The molecule has 4 aromatic heterocycles. The van der Waals surface area contributed by atoms with Crippen LogP contribution in [0.3, 0.4) is 0 Å². The van der Waals surface area contributed by atoms with Crippen molar-refractivity contribution in [3.8, 4) is 22.6 Å². The summed E-state index contributed by atoms with van der Waals surface area (Å²) in [6.07, 6.45) is 9.20. The highest BCUT2D eigenvalue weighted by Gasteiger charge is 2.46. The molecule has 4 N–H and O–H groups in total. The van der Waals surface area contributed by atoms with Gasteiger partial charge in [-0.15, -0.1) is 0 Å². The van der Waals surface area contributed by atoms with Gasteiger partial charge in [0.15, 0.2) is 11.3 Å². The Morgan fingerprint density at radius 2 is 1.92 bits per heavy atom. The Bertz CT molecular complexity index is 1710. The molecule has 0 radical (unpaired) electrons. The van der Waals surface area contributed by atoms with Crippen molar-refractivity contribution in [2.45, 2.75) is 18.1 Å². The number of furan rings is 1. The van der Waals surface area contributed by atoms with Gasteiger partial charge in [0, 0.05) is 23.8 Å². The van der Waals surface area contributed by atoms with Gasteiger partial charge >= 0.3 is 0 Å². The lowest BCUT2D eigenvalue weighted by Gasteiger charge is -2.36. The Morgan fingerprint density at radius 1 is 1.08 bits per heavy atom. The van der Waals surface area contributed by atoms with E-state index in [1.54, 1.807) is 53.6 Å². The second-order valence-corrected chi connectivity index (χ2v) is 9.13. The number of rotatable bonds is 6. The van der Waals surface area contributed by atoms with Crippen LogP contribution in [-0.4, -0.2) is 31.1 Å². The van der Waals surface area contributed by atoms with E-state index in [1.165, 1.54) is 18.2 Å². The number of allylic oxidation sites excluding steroid dienone is 3. The molecule has 4 heterocycles. The summed E-state index contributed by atoms with van der Waals surface area (Å²) in [6, 6.07) is 16.9. The van der Waals surface area contributed by atoms with Crippen molar-refractivity contribution in [2.24, 2.45) is 5.73 Å². The molecule has 1 aliphatic carbocycles. The topological polar surface area (TPSA) is 126 Å². The quantitative estimate of drug-likeness (QED) is 0.340. The van der Waals surface area contributed by atoms with E-state index in [2.05, 4.69) is 4.98 Å². The lowest BCUT2D eigenvalue weighted by atomic mass is 9.80. The van der Waals surface area contributed by atoms with Crippen LogP contribution >= 0.6 is 0 Å². The summed E-state index contributed by atoms with van der Waals surface area (Å²) in [5.74, 6) is -0.208. The zero-order valence-corrected chi connectivity index (χ0v) is 20.2. The number of nitrogens with zero attached hydrogens (tertiary/aromatic N) is 4. The van der Waals surface area contributed by atoms with E-state index in [1.807, 2.05) is 30.3 Å². The molecule has 0 bridgehead atoms. The van der Waals surface area contributed by atoms with E-state index >= 15 is 4.39 Å². The van der Waals surface area contributed by atoms with Crippen LogP contribution in [0.25, 0.3) is 33.8 Å². The highest BCUT2D eigenvalue weighted by Crippen LogP contribution is 2.44. The Labute approximate surface area is 217 Å². The van der Waals surface area contributed by atoms with Crippen LogP contribution in [0.2, 0.25) is 0 Å². The van der Waals surface area contributed by atoms with Crippen molar-refractivity contribution in [1.82, 2.24) is 19.5 Å². The molecule has 0 fully saturated rings. The molecule has 0 spiro atoms. The van der Waals surface area contributed by atoms with Gasteiger partial charge in [-0.2, -0.15) is 0 Å². The molecule has 38 heavy (non-hydrogen) atoms. The van der Waals surface area contributed by atoms with E-state index in [0.717, 1.165) is 11.1 Å². The second-order valence-electron chi connectivity index (χ2n) is 9.13. The van der Waals surface area contributed by atoms with Gasteiger partial charge in [-0.25, -0.2) is 19.3 Å². The second kappa shape index (κ2) is 9.11. The maximum Gasteiger partial charge on any atom is 0.246 e. The number of fused-ring (bicyclic) bond motifs is 1. The number of amides is 1. The van der Waals surface area contributed by atoms with Crippen LogP contribution in [0.5, 0.6) is 0 Å². The van der Waals surface area contributed by atoms with E-state index in [-0.39, 0.29) is 17.8 Å². The highest BCUT2D eigenvalue weighted by atomic mass is 19.1. The number of pyridine rings is 2. The Hall–Kier alpha value is -5.05. The average molecular weight is 507 g/mol. The molecule has 2 unspecified atom stereocenters. The van der Waals surface area contributed by atoms with E-state index < -0.39 is 17.6 Å². The molecule has 9 heteroatoms. The number of carbonyl (C=O) groups excluding carboxylic acids is 1. The number of carbonyl (C=O) groups is 1. The summed E-state index contributed by atoms with van der Waals surface area (Å²) in [6.45, 7) is 0. The van der Waals surface area contributed by atoms with Crippen molar-refractivity contribution >= 4 is 22.9 Å². The number of nitrogens with two attached hydrogens (primary N) is 2. The zero-order chi connectivity index (χ0) is 26.3. The van der Waals surface area contributed by atoms with Crippen LogP contribution in [0.15, 0.2) is 108 Å². The number of anilines is 1. The Kier molecular flexibility index (Phi) is 5.60. The molecule has 8 nitrogen and oxygen atoms in total. The zero-order valence-electron chi connectivity index (χ0n) is 20.2. The highest BCUT2D eigenvalue weighted by molar-refractivity contribution is 5.95. The molecule has 5 aromatic rings. The SMILES string of the molecule is NC(=O)C1=CC=CC(F)(Cc2ccccc2)C1n1c(-c2cccnc2N)nc2ccc(-c3ccoc3)nc21. The summed E-state index contributed by atoms with van der Waals surface area (Å²) in [5, 5.41) is 0. The Balaban J connectivity index is 1.65. The standard InChI is InChI=1S/C29H23FN6O2/c30-29(16-18-6-2-1-3-7-18)13-4-8-20(26(32)37)24(29)36-27(21-9-5-14-33-25(21)31)35-23-11-10-22(34-28(23)36)19-12-15-38-17-19/h1-15,17,24H,16H2,(H2,31,33)(H2,32,37). The van der Waals surface area contributed by atoms with Crippen LogP contribution in [0, 0.1) is 0 Å². The molecule has 2 atom stereocenters. The molecule has 1 aliphatic rings. The van der Waals surface area contributed by atoms with Crippen LogP contribution in [0.1, 0.15) is 11.6 Å². The number of primary amides is 1. The van der Waals surface area contributed by atoms with E-state index in [0.29, 0.717) is 28.2 Å². The maximum atomic E-state index is 17.3. The smallest absolute Gasteiger partial charge is 0.246 e. The number of alkyl halides is 1. The first kappa shape index (κ1) is 23.4. The van der Waals surface area contributed by atoms with Gasteiger partial charge in [0.05, 0.1) is 23.8 Å². The van der Waals surface area contributed by atoms with Gasteiger partial charge in [-0.05, 0) is 42.0 Å². The number of imidazole rings is 1. The predicted molar refractivity (Wildman–Crippen MR) is 142 cm³/mol. The predicted octanol–water partition coefficient (Wildman–Crippen LogP) is 4.81. The van der Waals surface area contributed by atoms with Crippen LogP contribution in [0.4, 0.5) is 10.2 Å². The van der Waals surface area contributed by atoms with Crippen molar-refractivity contribution in [3.05, 3.63) is 109 Å². The number of benzene rings is 1. The van der Waals surface area contributed by atoms with E-state index in [4.69, 9.17) is 25.9 Å². The number of halogens is 1. The molecule has 188 valence electrons. The number of hydrogen-bond acceptors (Lipinski definition) is 6. The van der Waals surface area contributed by atoms with Crippen molar-refractivity contribution < 1.29 is 13.6 Å². The van der Waals surface area contributed by atoms with Gasteiger partial charge < -0.3 is 15.9 Å². The van der Waals surface area contributed by atoms with Gasteiger partial charge in [0.1, 0.15) is 23.2 Å². The Morgan fingerprint density at radius 3 is 2.66 bits per heavy atom. The van der Waals surface area contributed by atoms with Crippen molar-refractivity contribution in [2.75, 3.05) is 5.73 Å². The summed E-state index contributed by atoms with van der Waals surface area (Å²) in [7, 11) is 0. The molecule has 6 rings (SSSR count). The fourth-order valence-electron chi connectivity index (χ4n) is 4.97. The van der Waals surface area contributed by atoms with Crippen molar-refractivity contribution in [3.63, 3.8) is 0 Å². The first-order chi connectivity index (χ1) is 18.4. The minimum absolute atomic E-state index is 0.0112. The summed E-state index contributed by atoms with van der Waals surface area (Å²) < 4.78 is 24.2. The average Bonchev–Trinajstić information content (AvgIpc) is 3.57. The van der Waals surface area contributed by atoms with E-state index in [9.17, 15) is 4.79 Å². The first-order valence-corrected chi connectivity index (χ1v) is 12.0. The first-order valence-electron chi connectivity index (χ1n) is 12.0. The minimum atomic E-state index is -2.05. The fraction of sp³-hybridized carbons (Fsp3) is 0.103. The summed E-state index contributed by atoms with van der Waals surface area (Å²) >= 11 is 0. The molecule has 1 amide bonds. The van der Waals surface area contributed by atoms with Crippen molar-refractivity contribution in [1.29, 1.82) is 0 Å². The van der Waals surface area contributed by atoms with Crippen LogP contribution < -0.4 is 11.5 Å². The summed E-state index contributed by atoms with van der Waals surface area (Å²) in [5.41, 5.74) is 13.6. The molecular weight excluding hydrogens is 483 g/mol. The van der Waals surface area contributed by atoms with Crippen LogP contribution in [-0.2, 0) is 11.2 Å². The fourth-order valence-corrected chi connectivity index (χ4v) is 4.97. The van der Waals surface area contributed by atoms with Gasteiger partial charge in [0.2, 0.25) is 5.91 Å². The molecular formula is C29H23FN6O2. The monoisotopic (exact) mass is 506 g/mol. The third-order valence-corrected chi connectivity index (χ3v) is 6.69. The van der Waals surface area contributed by atoms with Gasteiger partial charge in [-0.1, -0.05) is 42.5 Å². The molecule has 0 saturated carbocycles. The molecule has 0 aliphatic heterocycles. The lowest BCUT2D eigenvalue weighted by Crippen LogP contribution is -2.42.